The SMILES string of the molecule is C[C@H](Sc1ccc(F)c(F)c1)C(=O)Nc1cccc(Cl)c1. The molecule has 1 amide bonds. The molecular weight excluding hydrogens is 316 g/mol. The number of rotatable bonds is 4. The summed E-state index contributed by atoms with van der Waals surface area (Å²) in [5.74, 6) is -2.08. The highest BCUT2D eigenvalue weighted by atomic mass is 35.5. The first-order chi connectivity index (χ1) is 9.95. The summed E-state index contributed by atoms with van der Waals surface area (Å²) in [5, 5.41) is 2.77. The Bertz CT molecular complexity index is 666. The van der Waals surface area contributed by atoms with Crippen LogP contribution in [0.1, 0.15) is 6.92 Å². The Kier molecular flexibility index (Phi) is 5.20. The van der Waals surface area contributed by atoms with Crippen molar-refractivity contribution in [3.8, 4) is 0 Å². The average molecular weight is 328 g/mol. The third-order valence-corrected chi connectivity index (χ3v) is 3.99. The van der Waals surface area contributed by atoms with Crippen LogP contribution in [0.3, 0.4) is 0 Å². The molecule has 2 aromatic rings. The Labute approximate surface area is 130 Å². The molecule has 0 heterocycles. The fourth-order valence-electron chi connectivity index (χ4n) is 1.62. The third-order valence-electron chi connectivity index (χ3n) is 2.67. The minimum atomic E-state index is -0.928. The van der Waals surface area contributed by atoms with Gasteiger partial charge in [0.05, 0.1) is 5.25 Å². The number of carbonyl (C=O) groups excluding carboxylic acids is 1. The molecule has 0 radical (unpaired) electrons. The van der Waals surface area contributed by atoms with Gasteiger partial charge in [-0.1, -0.05) is 17.7 Å². The highest BCUT2D eigenvalue weighted by molar-refractivity contribution is 8.00. The van der Waals surface area contributed by atoms with Crippen molar-refractivity contribution in [2.24, 2.45) is 0 Å². The van der Waals surface area contributed by atoms with Crippen LogP contribution in [-0.2, 0) is 4.79 Å². The van der Waals surface area contributed by atoms with Crippen LogP contribution in [0.4, 0.5) is 14.5 Å². The second-order valence-electron chi connectivity index (χ2n) is 4.34. The van der Waals surface area contributed by atoms with Crippen LogP contribution < -0.4 is 5.32 Å². The van der Waals surface area contributed by atoms with Crippen molar-refractivity contribution >= 4 is 35.0 Å². The van der Waals surface area contributed by atoms with E-state index in [1.807, 2.05) is 0 Å². The molecule has 0 bridgehead atoms. The van der Waals surface area contributed by atoms with E-state index in [0.29, 0.717) is 15.6 Å². The molecule has 1 N–H and O–H groups in total. The van der Waals surface area contributed by atoms with Crippen molar-refractivity contribution in [3.05, 3.63) is 59.1 Å². The molecule has 110 valence electrons. The van der Waals surface area contributed by atoms with E-state index in [9.17, 15) is 13.6 Å². The molecular formula is C15H12ClF2NOS. The van der Waals surface area contributed by atoms with Gasteiger partial charge in [-0.15, -0.1) is 11.8 Å². The Morgan fingerprint density at radius 3 is 2.62 bits per heavy atom. The van der Waals surface area contributed by atoms with Gasteiger partial charge >= 0.3 is 0 Å². The van der Waals surface area contributed by atoms with E-state index in [2.05, 4.69) is 5.32 Å². The van der Waals surface area contributed by atoms with E-state index in [0.717, 1.165) is 23.9 Å². The Balaban J connectivity index is 2.00. The van der Waals surface area contributed by atoms with E-state index in [1.165, 1.54) is 6.07 Å². The minimum absolute atomic E-state index is 0.244. The maximum absolute atomic E-state index is 13.1. The zero-order valence-electron chi connectivity index (χ0n) is 11.1. The smallest absolute Gasteiger partial charge is 0.237 e. The molecule has 0 fully saturated rings. The topological polar surface area (TPSA) is 29.1 Å². The van der Waals surface area contributed by atoms with Crippen molar-refractivity contribution in [1.82, 2.24) is 0 Å². The summed E-state index contributed by atoms with van der Waals surface area (Å²) in [4.78, 5) is 12.5. The first kappa shape index (κ1) is 15.8. The molecule has 2 nitrogen and oxygen atoms in total. The first-order valence-corrected chi connectivity index (χ1v) is 7.39. The summed E-state index contributed by atoms with van der Waals surface area (Å²) in [7, 11) is 0. The lowest BCUT2D eigenvalue weighted by Crippen LogP contribution is -2.22. The lowest BCUT2D eigenvalue weighted by atomic mass is 10.3. The molecule has 0 saturated carbocycles. The number of carbonyl (C=O) groups is 1. The van der Waals surface area contributed by atoms with Gasteiger partial charge < -0.3 is 5.32 Å². The van der Waals surface area contributed by atoms with Gasteiger partial charge in [0.15, 0.2) is 11.6 Å². The molecule has 1 atom stereocenters. The summed E-state index contributed by atoms with van der Waals surface area (Å²) in [6.45, 7) is 1.69. The second-order valence-corrected chi connectivity index (χ2v) is 6.19. The number of benzene rings is 2. The molecule has 2 rings (SSSR count). The maximum Gasteiger partial charge on any atom is 0.237 e. The van der Waals surface area contributed by atoms with Crippen LogP contribution in [0.15, 0.2) is 47.4 Å². The fourth-order valence-corrected chi connectivity index (χ4v) is 2.70. The summed E-state index contributed by atoms with van der Waals surface area (Å²) in [5.41, 5.74) is 0.588. The van der Waals surface area contributed by atoms with Gasteiger partial charge in [0.25, 0.3) is 0 Å². The molecule has 2 aromatic carbocycles. The Hall–Kier alpha value is -1.59. The number of nitrogens with one attached hydrogen (secondary N) is 1. The van der Waals surface area contributed by atoms with Crippen molar-refractivity contribution in [2.45, 2.75) is 17.1 Å². The minimum Gasteiger partial charge on any atom is -0.325 e. The van der Waals surface area contributed by atoms with E-state index < -0.39 is 16.9 Å². The van der Waals surface area contributed by atoms with Gasteiger partial charge in [0.2, 0.25) is 5.91 Å². The van der Waals surface area contributed by atoms with Gasteiger partial charge in [0, 0.05) is 15.6 Å². The lowest BCUT2D eigenvalue weighted by molar-refractivity contribution is -0.115. The molecule has 0 aromatic heterocycles. The normalized spacial score (nSPS) is 12.0. The number of thioether (sulfide) groups is 1. The molecule has 0 saturated heterocycles. The van der Waals surface area contributed by atoms with Crippen molar-refractivity contribution in [2.75, 3.05) is 5.32 Å². The molecule has 0 aliphatic rings. The van der Waals surface area contributed by atoms with Crippen molar-refractivity contribution in [1.29, 1.82) is 0 Å². The number of halogens is 3. The molecule has 0 unspecified atom stereocenters. The number of amides is 1. The fraction of sp³-hybridized carbons (Fsp3) is 0.133. The summed E-state index contributed by atoms with van der Waals surface area (Å²) in [6.07, 6.45) is 0. The zero-order valence-corrected chi connectivity index (χ0v) is 12.6. The van der Waals surface area contributed by atoms with Crippen LogP contribution in [0.25, 0.3) is 0 Å². The number of hydrogen-bond donors (Lipinski definition) is 1. The highest BCUT2D eigenvalue weighted by Crippen LogP contribution is 2.26. The van der Waals surface area contributed by atoms with Crippen LogP contribution >= 0.6 is 23.4 Å². The van der Waals surface area contributed by atoms with Crippen molar-refractivity contribution < 1.29 is 13.6 Å². The summed E-state index contributed by atoms with van der Waals surface area (Å²) >= 11 is 6.98. The first-order valence-electron chi connectivity index (χ1n) is 6.14. The summed E-state index contributed by atoms with van der Waals surface area (Å²) < 4.78 is 26.0. The van der Waals surface area contributed by atoms with E-state index in [-0.39, 0.29) is 5.91 Å². The monoisotopic (exact) mass is 327 g/mol. The van der Waals surface area contributed by atoms with Gasteiger partial charge in [-0.25, -0.2) is 8.78 Å². The Morgan fingerprint density at radius 1 is 1.19 bits per heavy atom. The van der Waals surface area contributed by atoms with Gasteiger partial charge in [0.1, 0.15) is 0 Å². The lowest BCUT2D eigenvalue weighted by Gasteiger charge is -2.12. The van der Waals surface area contributed by atoms with E-state index in [1.54, 1.807) is 31.2 Å². The Morgan fingerprint density at radius 2 is 1.95 bits per heavy atom. The van der Waals surface area contributed by atoms with Crippen LogP contribution in [0, 0.1) is 11.6 Å². The molecule has 0 spiro atoms. The molecule has 6 heteroatoms. The average Bonchev–Trinajstić information content (AvgIpc) is 2.43. The molecule has 0 aliphatic heterocycles. The van der Waals surface area contributed by atoms with E-state index >= 15 is 0 Å². The van der Waals surface area contributed by atoms with Crippen LogP contribution in [-0.4, -0.2) is 11.2 Å². The largest absolute Gasteiger partial charge is 0.325 e. The molecule has 21 heavy (non-hydrogen) atoms. The van der Waals surface area contributed by atoms with Crippen LogP contribution in [0.2, 0.25) is 5.02 Å². The summed E-state index contributed by atoms with van der Waals surface area (Å²) in [6, 6.07) is 10.3. The standard InChI is InChI=1S/C15H12ClF2NOS/c1-9(21-12-5-6-13(17)14(18)8-12)15(20)19-11-4-2-3-10(16)7-11/h2-9H,1H3,(H,19,20)/t9-/m0/s1. The second kappa shape index (κ2) is 6.91. The zero-order chi connectivity index (χ0) is 15.4. The number of hydrogen-bond acceptors (Lipinski definition) is 2. The predicted molar refractivity (Wildman–Crippen MR) is 81.8 cm³/mol. The van der Waals surface area contributed by atoms with Gasteiger partial charge in [-0.3, -0.25) is 4.79 Å². The third kappa shape index (κ3) is 4.44. The van der Waals surface area contributed by atoms with Crippen molar-refractivity contribution in [3.63, 3.8) is 0 Å². The molecule has 0 aliphatic carbocycles. The maximum atomic E-state index is 13.1. The highest BCUT2D eigenvalue weighted by Gasteiger charge is 2.15. The van der Waals surface area contributed by atoms with Crippen LogP contribution in [0.5, 0.6) is 0 Å². The van der Waals surface area contributed by atoms with E-state index in [4.69, 9.17) is 11.6 Å². The predicted octanol–water partition coefficient (Wildman–Crippen LogP) is 4.74. The quantitative estimate of drug-likeness (QED) is 0.822. The van der Waals surface area contributed by atoms with Gasteiger partial charge in [-0.2, -0.15) is 0 Å². The van der Waals surface area contributed by atoms with Gasteiger partial charge in [-0.05, 0) is 43.3 Å². The number of anilines is 1.